The second-order valence-electron chi connectivity index (χ2n) is 3.61. The fourth-order valence-electron chi connectivity index (χ4n) is 1.74. The lowest BCUT2D eigenvalue weighted by Gasteiger charge is -2.17. The summed E-state index contributed by atoms with van der Waals surface area (Å²) in [7, 11) is 0. The van der Waals surface area contributed by atoms with Gasteiger partial charge < -0.3 is 4.98 Å². The zero-order valence-corrected chi connectivity index (χ0v) is 9.78. The van der Waals surface area contributed by atoms with Gasteiger partial charge in [-0.2, -0.15) is 11.8 Å². The number of thioether (sulfide) groups is 1. The van der Waals surface area contributed by atoms with E-state index in [9.17, 15) is 4.79 Å². The summed E-state index contributed by atoms with van der Waals surface area (Å²) in [4.78, 5) is 18.9. The average Bonchev–Trinajstić information content (AvgIpc) is 2.19. The van der Waals surface area contributed by atoms with Crippen molar-refractivity contribution in [2.45, 2.75) is 26.0 Å². The molecule has 80 valence electrons. The van der Waals surface area contributed by atoms with Gasteiger partial charge in [-0.15, -0.1) is 0 Å². The normalized spacial score (nSPS) is 17.9. The van der Waals surface area contributed by atoms with Crippen LogP contribution in [-0.4, -0.2) is 15.7 Å². The molecule has 0 saturated heterocycles. The molecule has 2 rings (SSSR count). The van der Waals surface area contributed by atoms with Crippen LogP contribution in [0.15, 0.2) is 10.9 Å². The van der Waals surface area contributed by atoms with Gasteiger partial charge in [0.25, 0.3) is 5.56 Å². The zero-order chi connectivity index (χ0) is 10.8. The summed E-state index contributed by atoms with van der Waals surface area (Å²) in [6.07, 6.45) is 3.15. The SMILES string of the molecule is CC/C=C1/CSCc2c1nc(C)[nH]c2=O. The molecule has 0 bridgehead atoms. The first kappa shape index (κ1) is 10.5. The van der Waals surface area contributed by atoms with Crippen LogP contribution in [0.1, 0.15) is 30.4 Å². The Balaban J connectivity index is 2.61. The maximum Gasteiger partial charge on any atom is 0.255 e. The molecule has 0 radical (unpaired) electrons. The van der Waals surface area contributed by atoms with Crippen LogP contribution in [0.4, 0.5) is 0 Å². The molecule has 0 amide bonds. The highest BCUT2D eigenvalue weighted by atomic mass is 32.2. The van der Waals surface area contributed by atoms with Crippen LogP contribution < -0.4 is 5.56 Å². The van der Waals surface area contributed by atoms with Gasteiger partial charge in [-0.25, -0.2) is 4.98 Å². The Kier molecular flexibility index (Phi) is 2.95. The van der Waals surface area contributed by atoms with E-state index in [4.69, 9.17) is 0 Å². The van der Waals surface area contributed by atoms with E-state index in [-0.39, 0.29) is 5.56 Å². The van der Waals surface area contributed by atoms with Crippen LogP contribution >= 0.6 is 11.8 Å². The molecular weight excluding hydrogens is 208 g/mol. The summed E-state index contributed by atoms with van der Waals surface area (Å²) < 4.78 is 0. The molecule has 0 atom stereocenters. The smallest absolute Gasteiger partial charge is 0.255 e. The third-order valence-electron chi connectivity index (χ3n) is 2.39. The fourth-order valence-corrected chi connectivity index (χ4v) is 2.79. The van der Waals surface area contributed by atoms with Crippen molar-refractivity contribution in [3.63, 3.8) is 0 Å². The molecule has 1 N–H and O–H groups in total. The predicted molar refractivity (Wildman–Crippen MR) is 64.0 cm³/mol. The molecule has 15 heavy (non-hydrogen) atoms. The maximum atomic E-state index is 11.7. The number of H-pyrrole nitrogens is 1. The fraction of sp³-hybridized carbons (Fsp3) is 0.455. The van der Waals surface area contributed by atoms with Gasteiger partial charge in [-0.05, 0) is 18.9 Å². The van der Waals surface area contributed by atoms with Crippen molar-refractivity contribution >= 4 is 17.3 Å². The first-order chi connectivity index (χ1) is 7.22. The van der Waals surface area contributed by atoms with Crippen molar-refractivity contribution in [2.24, 2.45) is 0 Å². The van der Waals surface area contributed by atoms with Gasteiger partial charge in [0.15, 0.2) is 0 Å². The molecule has 3 nitrogen and oxygen atoms in total. The summed E-state index contributed by atoms with van der Waals surface area (Å²) in [5.74, 6) is 2.45. The van der Waals surface area contributed by atoms with Crippen molar-refractivity contribution < 1.29 is 0 Å². The van der Waals surface area contributed by atoms with Gasteiger partial charge in [-0.1, -0.05) is 13.0 Å². The molecule has 1 aromatic heterocycles. The van der Waals surface area contributed by atoms with Gasteiger partial charge >= 0.3 is 0 Å². The average molecular weight is 222 g/mol. The second-order valence-corrected chi connectivity index (χ2v) is 4.59. The van der Waals surface area contributed by atoms with Crippen LogP contribution in [0.5, 0.6) is 0 Å². The number of nitrogens with zero attached hydrogens (tertiary/aromatic N) is 1. The largest absolute Gasteiger partial charge is 0.310 e. The Morgan fingerprint density at radius 2 is 2.33 bits per heavy atom. The van der Waals surface area contributed by atoms with E-state index in [0.29, 0.717) is 5.82 Å². The predicted octanol–water partition coefficient (Wildman–Crippen LogP) is 2.12. The number of aromatic nitrogens is 2. The van der Waals surface area contributed by atoms with Crippen LogP contribution in [0.3, 0.4) is 0 Å². The molecular formula is C11H14N2OS. The van der Waals surface area contributed by atoms with E-state index < -0.39 is 0 Å². The molecule has 1 aromatic rings. The monoisotopic (exact) mass is 222 g/mol. The molecule has 0 aliphatic carbocycles. The molecule has 2 heterocycles. The molecule has 0 unspecified atom stereocenters. The Labute approximate surface area is 93.0 Å². The summed E-state index contributed by atoms with van der Waals surface area (Å²) in [5, 5.41) is 0. The second kappa shape index (κ2) is 4.23. The summed E-state index contributed by atoms with van der Waals surface area (Å²) in [6.45, 7) is 3.93. The van der Waals surface area contributed by atoms with Gasteiger partial charge in [0.05, 0.1) is 11.3 Å². The summed E-state index contributed by atoms with van der Waals surface area (Å²) in [5.41, 5.74) is 2.97. The number of allylic oxidation sites excluding steroid dienone is 1. The van der Waals surface area contributed by atoms with E-state index in [0.717, 1.165) is 29.2 Å². The van der Waals surface area contributed by atoms with E-state index in [1.54, 1.807) is 11.8 Å². The van der Waals surface area contributed by atoms with Crippen molar-refractivity contribution in [3.8, 4) is 0 Å². The number of nitrogens with one attached hydrogen (secondary N) is 1. The van der Waals surface area contributed by atoms with Crippen LogP contribution in [-0.2, 0) is 5.75 Å². The van der Waals surface area contributed by atoms with Gasteiger partial charge in [0.2, 0.25) is 0 Å². The third kappa shape index (κ3) is 2.00. The number of aryl methyl sites for hydroxylation is 1. The lowest BCUT2D eigenvalue weighted by Crippen LogP contribution is -2.21. The quantitative estimate of drug-likeness (QED) is 0.791. The van der Waals surface area contributed by atoms with E-state index >= 15 is 0 Å². The molecule has 0 aromatic carbocycles. The minimum Gasteiger partial charge on any atom is -0.310 e. The van der Waals surface area contributed by atoms with Crippen LogP contribution in [0.2, 0.25) is 0 Å². The van der Waals surface area contributed by atoms with E-state index in [1.807, 2.05) is 6.92 Å². The molecule has 1 aliphatic rings. The Bertz CT molecular complexity index is 462. The minimum atomic E-state index is 0.0201. The van der Waals surface area contributed by atoms with Crippen molar-refractivity contribution in [1.82, 2.24) is 9.97 Å². The first-order valence-electron chi connectivity index (χ1n) is 5.09. The lowest BCUT2D eigenvalue weighted by molar-refractivity contribution is 0.966. The van der Waals surface area contributed by atoms with Gasteiger partial charge in [0.1, 0.15) is 5.82 Å². The molecule has 0 spiro atoms. The molecule has 4 heteroatoms. The van der Waals surface area contributed by atoms with Crippen LogP contribution in [0, 0.1) is 6.92 Å². The number of rotatable bonds is 1. The molecule has 1 aliphatic heterocycles. The Hall–Kier alpha value is -1.03. The van der Waals surface area contributed by atoms with E-state index in [1.165, 1.54) is 5.57 Å². The maximum absolute atomic E-state index is 11.7. The Morgan fingerprint density at radius 3 is 3.07 bits per heavy atom. The van der Waals surface area contributed by atoms with Crippen molar-refractivity contribution in [1.29, 1.82) is 0 Å². The molecule has 0 saturated carbocycles. The number of hydrogen-bond acceptors (Lipinski definition) is 3. The number of fused-ring (bicyclic) bond motifs is 1. The zero-order valence-electron chi connectivity index (χ0n) is 8.96. The minimum absolute atomic E-state index is 0.0201. The van der Waals surface area contributed by atoms with Crippen molar-refractivity contribution in [3.05, 3.63) is 33.5 Å². The van der Waals surface area contributed by atoms with E-state index in [2.05, 4.69) is 23.0 Å². The summed E-state index contributed by atoms with van der Waals surface area (Å²) >= 11 is 1.78. The first-order valence-corrected chi connectivity index (χ1v) is 6.24. The topological polar surface area (TPSA) is 45.8 Å². The highest BCUT2D eigenvalue weighted by molar-refractivity contribution is 7.99. The standard InChI is InChI=1S/C11H14N2OS/c1-3-4-8-5-15-6-9-10(8)12-7(2)13-11(9)14/h4H,3,5-6H2,1-2H3,(H,12,13,14)/b8-4-. The third-order valence-corrected chi connectivity index (χ3v) is 3.40. The number of hydrogen-bond donors (Lipinski definition) is 1. The number of aromatic amines is 1. The lowest BCUT2D eigenvalue weighted by atomic mass is 10.1. The van der Waals surface area contributed by atoms with Crippen LogP contribution in [0.25, 0.3) is 5.57 Å². The molecule has 0 fully saturated rings. The van der Waals surface area contributed by atoms with Gasteiger partial charge in [0, 0.05) is 11.5 Å². The summed E-state index contributed by atoms with van der Waals surface area (Å²) in [6, 6.07) is 0. The highest BCUT2D eigenvalue weighted by Crippen LogP contribution is 2.29. The Morgan fingerprint density at radius 1 is 1.53 bits per heavy atom. The van der Waals surface area contributed by atoms with Gasteiger partial charge in [-0.3, -0.25) is 4.79 Å². The highest BCUT2D eigenvalue weighted by Gasteiger charge is 2.18. The van der Waals surface area contributed by atoms with Crippen molar-refractivity contribution in [2.75, 3.05) is 5.75 Å².